The summed E-state index contributed by atoms with van der Waals surface area (Å²) in [5.74, 6) is 0.794. The zero-order valence-corrected chi connectivity index (χ0v) is 13.2. The largest absolute Gasteiger partial charge is 0.338 e. The van der Waals surface area contributed by atoms with E-state index in [9.17, 15) is 0 Å². The number of aromatic amines is 1. The van der Waals surface area contributed by atoms with Gasteiger partial charge < -0.3 is 4.98 Å². The Balaban J connectivity index is 1.78. The second-order valence-corrected chi connectivity index (χ2v) is 5.67. The fraction of sp³-hybridized carbons (Fsp3) is 0. The van der Waals surface area contributed by atoms with Gasteiger partial charge in [0.2, 0.25) is 0 Å². The highest BCUT2D eigenvalue weighted by molar-refractivity contribution is 9.10. The summed E-state index contributed by atoms with van der Waals surface area (Å²) in [5.41, 5.74) is 3.70. The van der Waals surface area contributed by atoms with Crippen molar-refractivity contribution in [3.63, 3.8) is 0 Å². The Labute approximate surface area is 137 Å². The predicted octanol–water partition coefficient (Wildman–Crippen LogP) is 4.88. The second-order valence-electron chi connectivity index (χ2n) is 4.76. The Bertz CT molecular complexity index is 837. The van der Waals surface area contributed by atoms with Crippen LogP contribution < -0.4 is 0 Å². The van der Waals surface area contributed by atoms with Crippen LogP contribution in [0.4, 0.5) is 0 Å². The minimum absolute atomic E-state index is 0.652. The first-order valence-corrected chi connectivity index (χ1v) is 7.53. The number of imidazole rings is 1. The average Bonchev–Trinajstić information content (AvgIpc) is 3.03. The summed E-state index contributed by atoms with van der Waals surface area (Å²) < 4.78 is 1.06. The molecule has 2 aromatic carbocycles. The van der Waals surface area contributed by atoms with Crippen molar-refractivity contribution < 1.29 is 0 Å². The van der Waals surface area contributed by atoms with Crippen molar-refractivity contribution in [1.82, 2.24) is 9.97 Å². The Morgan fingerprint density at radius 3 is 2.41 bits per heavy atom. The molecular weight excluding hydrogens is 338 g/mol. The van der Waals surface area contributed by atoms with E-state index in [4.69, 9.17) is 5.26 Å². The van der Waals surface area contributed by atoms with Crippen molar-refractivity contribution >= 4 is 28.1 Å². The number of aromatic nitrogens is 2. The molecule has 22 heavy (non-hydrogen) atoms. The molecule has 0 amide bonds. The zero-order chi connectivity index (χ0) is 15.4. The highest BCUT2D eigenvalue weighted by Crippen LogP contribution is 2.18. The number of nitrogens with one attached hydrogen (secondary N) is 1. The lowest BCUT2D eigenvalue weighted by Gasteiger charge is -1.96. The molecule has 3 aromatic rings. The van der Waals surface area contributed by atoms with Crippen molar-refractivity contribution in [2.24, 2.45) is 0 Å². The first-order chi connectivity index (χ1) is 10.7. The van der Waals surface area contributed by atoms with Crippen molar-refractivity contribution in [2.75, 3.05) is 0 Å². The minimum atomic E-state index is 0.652. The lowest BCUT2D eigenvalue weighted by atomic mass is 10.1. The third-order valence-electron chi connectivity index (χ3n) is 3.22. The molecule has 1 heterocycles. The smallest absolute Gasteiger partial charge is 0.130 e. The number of nitriles is 1. The fourth-order valence-electron chi connectivity index (χ4n) is 2.04. The molecule has 3 rings (SSSR count). The lowest BCUT2D eigenvalue weighted by molar-refractivity contribution is 1.27. The van der Waals surface area contributed by atoms with Crippen LogP contribution in [0.15, 0.2) is 59.2 Å². The topological polar surface area (TPSA) is 52.5 Å². The van der Waals surface area contributed by atoms with E-state index < -0.39 is 0 Å². The first-order valence-electron chi connectivity index (χ1n) is 6.74. The zero-order valence-electron chi connectivity index (χ0n) is 11.6. The summed E-state index contributed by atoms with van der Waals surface area (Å²) in [6.07, 6.45) is 5.74. The molecule has 0 aliphatic rings. The molecule has 1 aromatic heterocycles. The Morgan fingerprint density at radius 2 is 1.73 bits per heavy atom. The van der Waals surface area contributed by atoms with E-state index in [2.05, 4.69) is 32.0 Å². The van der Waals surface area contributed by atoms with Gasteiger partial charge in [0.1, 0.15) is 5.82 Å². The van der Waals surface area contributed by atoms with Gasteiger partial charge >= 0.3 is 0 Å². The van der Waals surface area contributed by atoms with Gasteiger partial charge in [0.15, 0.2) is 0 Å². The van der Waals surface area contributed by atoms with E-state index in [0.717, 1.165) is 27.1 Å². The molecule has 0 spiro atoms. The van der Waals surface area contributed by atoms with E-state index in [1.54, 1.807) is 18.3 Å². The standard InChI is InChI=1S/C18H12BrN3/c19-16-8-3-13(4-9-16)5-10-18-21-12-17(22-18)15-6-1-14(11-20)2-7-15/h1-10,12H,(H,21,22). The molecule has 0 aliphatic heterocycles. The van der Waals surface area contributed by atoms with Gasteiger partial charge in [-0.05, 0) is 41.5 Å². The molecule has 0 saturated carbocycles. The summed E-state index contributed by atoms with van der Waals surface area (Å²) in [4.78, 5) is 7.61. The van der Waals surface area contributed by atoms with Crippen LogP contribution in [-0.2, 0) is 0 Å². The van der Waals surface area contributed by atoms with Crippen LogP contribution in [-0.4, -0.2) is 9.97 Å². The maximum Gasteiger partial charge on any atom is 0.130 e. The minimum Gasteiger partial charge on any atom is -0.338 e. The third-order valence-corrected chi connectivity index (χ3v) is 3.75. The molecule has 0 fully saturated rings. The van der Waals surface area contributed by atoms with E-state index >= 15 is 0 Å². The second kappa shape index (κ2) is 6.42. The van der Waals surface area contributed by atoms with Gasteiger partial charge in [-0.15, -0.1) is 0 Å². The van der Waals surface area contributed by atoms with E-state index in [1.807, 2.05) is 48.6 Å². The molecule has 0 radical (unpaired) electrons. The molecule has 0 unspecified atom stereocenters. The van der Waals surface area contributed by atoms with Crippen LogP contribution in [0.2, 0.25) is 0 Å². The van der Waals surface area contributed by atoms with Crippen LogP contribution in [0, 0.1) is 11.3 Å². The number of rotatable bonds is 3. The Hall–Kier alpha value is -2.64. The predicted molar refractivity (Wildman–Crippen MR) is 91.8 cm³/mol. The van der Waals surface area contributed by atoms with Crippen molar-refractivity contribution in [2.45, 2.75) is 0 Å². The van der Waals surface area contributed by atoms with Gasteiger partial charge in [-0.2, -0.15) is 5.26 Å². The SMILES string of the molecule is N#Cc1ccc(-c2cnc(C=Cc3ccc(Br)cc3)[nH]2)cc1. The molecular formula is C18H12BrN3. The van der Waals surface area contributed by atoms with Gasteiger partial charge in [-0.3, -0.25) is 0 Å². The van der Waals surface area contributed by atoms with Crippen LogP contribution in [0.3, 0.4) is 0 Å². The summed E-state index contributed by atoms with van der Waals surface area (Å²) >= 11 is 3.42. The van der Waals surface area contributed by atoms with Crippen LogP contribution >= 0.6 is 15.9 Å². The van der Waals surface area contributed by atoms with Crippen LogP contribution in [0.25, 0.3) is 23.4 Å². The van der Waals surface area contributed by atoms with E-state index in [1.165, 1.54) is 0 Å². The Morgan fingerprint density at radius 1 is 1.00 bits per heavy atom. The highest BCUT2D eigenvalue weighted by Gasteiger charge is 2.01. The number of benzene rings is 2. The molecule has 4 heteroatoms. The van der Waals surface area contributed by atoms with Crippen LogP contribution in [0.1, 0.15) is 17.0 Å². The number of nitrogens with zero attached hydrogens (tertiary/aromatic N) is 2. The fourth-order valence-corrected chi connectivity index (χ4v) is 2.31. The van der Waals surface area contributed by atoms with Crippen molar-refractivity contribution in [1.29, 1.82) is 5.26 Å². The average molecular weight is 350 g/mol. The molecule has 3 nitrogen and oxygen atoms in total. The van der Waals surface area contributed by atoms with Gasteiger partial charge in [0.25, 0.3) is 0 Å². The van der Waals surface area contributed by atoms with Gasteiger partial charge in [-0.25, -0.2) is 4.98 Å². The van der Waals surface area contributed by atoms with Gasteiger partial charge in [0.05, 0.1) is 23.5 Å². The van der Waals surface area contributed by atoms with E-state index in [0.29, 0.717) is 5.56 Å². The van der Waals surface area contributed by atoms with E-state index in [-0.39, 0.29) is 0 Å². The summed E-state index contributed by atoms with van der Waals surface area (Å²) in [6, 6.07) is 17.6. The first kappa shape index (κ1) is 14.3. The summed E-state index contributed by atoms with van der Waals surface area (Å²) in [5, 5.41) is 8.82. The molecule has 0 atom stereocenters. The number of hydrogen-bond acceptors (Lipinski definition) is 2. The third kappa shape index (κ3) is 3.33. The number of halogens is 1. The lowest BCUT2D eigenvalue weighted by Crippen LogP contribution is -1.80. The number of H-pyrrole nitrogens is 1. The maximum atomic E-state index is 8.82. The molecule has 0 saturated heterocycles. The highest BCUT2D eigenvalue weighted by atomic mass is 79.9. The molecule has 1 N–H and O–H groups in total. The van der Waals surface area contributed by atoms with Gasteiger partial charge in [0, 0.05) is 4.47 Å². The normalized spacial score (nSPS) is 10.7. The monoisotopic (exact) mass is 349 g/mol. The molecule has 0 bridgehead atoms. The molecule has 106 valence electrons. The molecule has 0 aliphatic carbocycles. The van der Waals surface area contributed by atoms with Gasteiger partial charge in [-0.1, -0.05) is 46.3 Å². The summed E-state index contributed by atoms with van der Waals surface area (Å²) in [7, 11) is 0. The van der Waals surface area contributed by atoms with Crippen molar-refractivity contribution in [3.05, 3.63) is 76.2 Å². The van der Waals surface area contributed by atoms with Crippen molar-refractivity contribution in [3.8, 4) is 17.3 Å². The summed E-state index contributed by atoms with van der Waals surface area (Å²) in [6.45, 7) is 0. The maximum absolute atomic E-state index is 8.82. The quantitative estimate of drug-likeness (QED) is 0.732. The Kier molecular flexibility index (Phi) is 4.17. The van der Waals surface area contributed by atoms with Crippen LogP contribution in [0.5, 0.6) is 0 Å². The number of hydrogen-bond donors (Lipinski definition) is 1.